The lowest BCUT2D eigenvalue weighted by Gasteiger charge is -2.41. The fourth-order valence-corrected chi connectivity index (χ4v) is 2.15. The van der Waals surface area contributed by atoms with Crippen LogP contribution in [0.3, 0.4) is 0 Å². The predicted molar refractivity (Wildman–Crippen MR) is 61.9 cm³/mol. The van der Waals surface area contributed by atoms with Crippen molar-refractivity contribution in [1.82, 2.24) is 0 Å². The van der Waals surface area contributed by atoms with Gasteiger partial charge in [0.15, 0.2) is 0 Å². The second-order valence-corrected chi connectivity index (χ2v) is 4.67. The van der Waals surface area contributed by atoms with Crippen LogP contribution in [0.5, 0.6) is 0 Å². The number of hydrogen-bond acceptors (Lipinski definition) is 2. The Morgan fingerprint density at radius 3 is 2.22 bits per heavy atom. The summed E-state index contributed by atoms with van der Waals surface area (Å²) in [6, 6.07) is 7.07. The fraction of sp³-hybridized carbons (Fsp3) is 0.462. The molecule has 0 atom stereocenters. The molecule has 1 saturated carbocycles. The second kappa shape index (κ2) is 4.52. The van der Waals surface area contributed by atoms with Crippen molar-refractivity contribution in [3.63, 3.8) is 0 Å². The molecule has 0 saturated heterocycles. The third kappa shape index (κ3) is 2.58. The summed E-state index contributed by atoms with van der Waals surface area (Å²) in [5.41, 5.74) is -0.261. The maximum Gasteiger partial charge on any atom is 0.416 e. The Morgan fingerprint density at radius 2 is 1.83 bits per heavy atom. The van der Waals surface area contributed by atoms with Crippen molar-refractivity contribution in [3.05, 3.63) is 29.8 Å². The molecule has 1 aliphatic rings. The molecule has 0 unspecified atom stereocenters. The summed E-state index contributed by atoms with van der Waals surface area (Å²) in [6.45, 7) is 0. The molecular formula is C13H13F3N2. The number of halogens is 3. The van der Waals surface area contributed by atoms with Gasteiger partial charge in [-0.2, -0.15) is 18.4 Å². The number of nitrogens with zero attached hydrogens (tertiary/aromatic N) is 1. The van der Waals surface area contributed by atoms with E-state index in [1.807, 2.05) is 0 Å². The highest BCUT2D eigenvalue weighted by Gasteiger charge is 2.37. The van der Waals surface area contributed by atoms with E-state index in [9.17, 15) is 13.2 Å². The van der Waals surface area contributed by atoms with Crippen LogP contribution in [0.25, 0.3) is 0 Å². The van der Waals surface area contributed by atoms with Crippen LogP contribution in [0.15, 0.2) is 24.3 Å². The van der Waals surface area contributed by atoms with Crippen LogP contribution >= 0.6 is 0 Å². The van der Waals surface area contributed by atoms with Gasteiger partial charge in [0, 0.05) is 5.69 Å². The molecule has 0 bridgehead atoms. The maximum atomic E-state index is 12.4. The largest absolute Gasteiger partial charge is 0.416 e. The summed E-state index contributed by atoms with van der Waals surface area (Å²) >= 11 is 0. The molecule has 2 rings (SSSR count). The first-order chi connectivity index (χ1) is 8.45. The van der Waals surface area contributed by atoms with E-state index in [0.717, 1.165) is 31.4 Å². The van der Waals surface area contributed by atoms with Gasteiger partial charge < -0.3 is 5.32 Å². The van der Waals surface area contributed by atoms with Crippen molar-refractivity contribution in [1.29, 1.82) is 5.26 Å². The van der Waals surface area contributed by atoms with Crippen molar-refractivity contribution in [2.24, 2.45) is 0 Å². The van der Waals surface area contributed by atoms with Gasteiger partial charge in [-0.05, 0) is 43.5 Å². The topological polar surface area (TPSA) is 35.8 Å². The number of anilines is 1. The van der Waals surface area contributed by atoms with E-state index >= 15 is 0 Å². The van der Waals surface area contributed by atoms with Crippen LogP contribution in [0.1, 0.15) is 31.2 Å². The average molecular weight is 254 g/mol. The first kappa shape index (κ1) is 12.7. The summed E-state index contributed by atoms with van der Waals surface area (Å²) in [5.74, 6) is 0. The molecule has 96 valence electrons. The minimum absolute atomic E-state index is 0.242. The number of alkyl halides is 3. The summed E-state index contributed by atoms with van der Waals surface area (Å²) in [6.07, 6.45) is -1.09. The summed E-state index contributed by atoms with van der Waals surface area (Å²) < 4.78 is 37.2. The van der Waals surface area contributed by atoms with Gasteiger partial charge in [0.25, 0.3) is 0 Å². The highest BCUT2D eigenvalue weighted by atomic mass is 19.4. The summed E-state index contributed by atoms with van der Waals surface area (Å²) in [5, 5.41) is 11.9. The Kier molecular flexibility index (Phi) is 3.20. The van der Waals surface area contributed by atoms with Gasteiger partial charge in [-0.3, -0.25) is 0 Å². The zero-order valence-electron chi connectivity index (χ0n) is 9.72. The quantitative estimate of drug-likeness (QED) is 0.886. The number of nitriles is 1. The molecule has 1 aromatic rings. The Balaban J connectivity index is 2.09. The minimum atomic E-state index is -4.31. The lowest BCUT2D eigenvalue weighted by Crippen LogP contribution is -2.44. The van der Waals surface area contributed by atoms with Gasteiger partial charge in [-0.15, -0.1) is 0 Å². The van der Waals surface area contributed by atoms with Crippen molar-refractivity contribution < 1.29 is 13.2 Å². The van der Waals surface area contributed by atoms with Gasteiger partial charge in [-0.1, -0.05) is 0 Å². The molecule has 2 nitrogen and oxygen atoms in total. The first-order valence-corrected chi connectivity index (χ1v) is 5.78. The lowest BCUT2D eigenvalue weighted by atomic mass is 9.74. The Bertz CT molecular complexity index is 453. The minimum Gasteiger partial charge on any atom is -0.379 e. The molecule has 0 radical (unpaired) electrons. The maximum absolute atomic E-state index is 12.4. The normalized spacial score (nSPS) is 17.7. The molecule has 1 aliphatic carbocycles. The average Bonchev–Trinajstić information content (AvgIpc) is 2.26. The van der Waals surface area contributed by atoms with Gasteiger partial charge in [0.1, 0.15) is 0 Å². The molecule has 1 N–H and O–H groups in total. The highest BCUT2D eigenvalue weighted by molar-refractivity contribution is 5.48. The van der Waals surface area contributed by atoms with Crippen LogP contribution in [0, 0.1) is 11.3 Å². The molecule has 0 spiro atoms. The van der Waals surface area contributed by atoms with E-state index in [1.165, 1.54) is 12.1 Å². The van der Waals surface area contributed by atoms with Gasteiger partial charge >= 0.3 is 6.18 Å². The summed E-state index contributed by atoms with van der Waals surface area (Å²) in [7, 11) is 0. The number of rotatable bonds is 3. The van der Waals surface area contributed by atoms with Crippen LogP contribution in [0.4, 0.5) is 18.9 Å². The van der Waals surface area contributed by atoms with E-state index < -0.39 is 11.7 Å². The van der Waals surface area contributed by atoms with E-state index in [1.54, 1.807) is 0 Å². The molecular weight excluding hydrogens is 241 g/mol. The van der Waals surface area contributed by atoms with E-state index in [2.05, 4.69) is 11.4 Å². The van der Waals surface area contributed by atoms with Crippen molar-refractivity contribution in [3.8, 4) is 6.07 Å². The van der Waals surface area contributed by atoms with Crippen LogP contribution in [-0.4, -0.2) is 5.54 Å². The molecule has 0 amide bonds. The Hall–Kier alpha value is -1.70. The summed E-state index contributed by atoms with van der Waals surface area (Å²) in [4.78, 5) is 0. The standard InChI is InChI=1S/C13H13F3N2/c14-13(15,16)10-2-4-11(5-3-10)18-12(8-9-17)6-1-7-12/h2-5,18H,1,6-8H2. The van der Waals surface area contributed by atoms with Gasteiger partial charge in [-0.25, -0.2) is 0 Å². The number of hydrogen-bond donors (Lipinski definition) is 1. The predicted octanol–water partition coefficient (Wildman–Crippen LogP) is 3.95. The monoisotopic (exact) mass is 254 g/mol. The molecule has 0 heterocycles. The molecule has 1 fully saturated rings. The van der Waals surface area contributed by atoms with E-state index in [4.69, 9.17) is 5.26 Å². The van der Waals surface area contributed by atoms with Crippen molar-refractivity contribution >= 4 is 5.69 Å². The molecule has 18 heavy (non-hydrogen) atoms. The van der Waals surface area contributed by atoms with E-state index in [-0.39, 0.29) is 5.54 Å². The smallest absolute Gasteiger partial charge is 0.379 e. The first-order valence-electron chi connectivity index (χ1n) is 5.78. The Morgan fingerprint density at radius 1 is 1.22 bits per heavy atom. The third-order valence-corrected chi connectivity index (χ3v) is 3.35. The molecule has 5 heteroatoms. The molecule has 0 aromatic heterocycles. The highest BCUT2D eigenvalue weighted by Crippen LogP contribution is 2.38. The fourth-order valence-electron chi connectivity index (χ4n) is 2.15. The molecule has 0 aliphatic heterocycles. The Labute approximate surface area is 103 Å². The number of nitrogens with one attached hydrogen (secondary N) is 1. The lowest BCUT2D eigenvalue weighted by molar-refractivity contribution is -0.137. The van der Waals surface area contributed by atoms with Crippen LogP contribution in [-0.2, 0) is 6.18 Å². The van der Waals surface area contributed by atoms with E-state index in [0.29, 0.717) is 12.1 Å². The third-order valence-electron chi connectivity index (χ3n) is 3.35. The SMILES string of the molecule is N#CCC1(Nc2ccc(C(F)(F)F)cc2)CCC1. The van der Waals surface area contributed by atoms with Crippen molar-refractivity contribution in [2.45, 2.75) is 37.4 Å². The number of benzene rings is 1. The van der Waals surface area contributed by atoms with Crippen molar-refractivity contribution in [2.75, 3.05) is 5.32 Å². The molecule has 1 aromatic carbocycles. The van der Waals surface area contributed by atoms with Crippen LogP contribution in [0.2, 0.25) is 0 Å². The second-order valence-electron chi connectivity index (χ2n) is 4.67. The van der Waals surface area contributed by atoms with Crippen LogP contribution < -0.4 is 5.32 Å². The van der Waals surface area contributed by atoms with Gasteiger partial charge in [0.2, 0.25) is 0 Å². The zero-order chi connectivity index (χ0) is 13.2. The van der Waals surface area contributed by atoms with Gasteiger partial charge in [0.05, 0.1) is 23.6 Å². The zero-order valence-corrected chi connectivity index (χ0v) is 9.72.